The third kappa shape index (κ3) is 4.51. The van der Waals surface area contributed by atoms with Crippen molar-refractivity contribution in [2.45, 2.75) is 53.5 Å². The highest BCUT2D eigenvalue weighted by Crippen LogP contribution is 2.23. The highest BCUT2D eigenvalue weighted by atomic mass is 14.9. The molecule has 0 amide bonds. The summed E-state index contributed by atoms with van der Waals surface area (Å²) in [5.74, 6) is 0. The van der Waals surface area contributed by atoms with Crippen molar-refractivity contribution < 1.29 is 0 Å². The van der Waals surface area contributed by atoms with Crippen LogP contribution in [0.5, 0.6) is 0 Å². The van der Waals surface area contributed by atoms with Gasteiger partial charge in [0.1, 0.15) is 0 Å². The predicted molar refractivity (Wildman–Crippen MR) is 76.4 cm³/mol. The van der Waals surface area contributed by atoms with Crippen molar-refractivity contribution in [2.24, 2.45) is 5.41 Å². The van der Waals surface area contributed by atoms with Crippen molar-refractivity contribution in [3.63, 3.8) is 0 Å². The lowest BCUT2D eigenvalue weighted by Gasteiger charge is -2.31. The summed E-state index contributed by atoms with van der Waals surface area (Å²) in [6.45, 7) is 12.4. The monoisotopic (exact) mass is 233 g/mol. The highest BCUT2D eigenvalue weighted by molar-refractivity contribution is 5.25. The molecule has 0 aliphatic carbocycles. The molecule has 17 heavy (non-hydrogen) atoms. The van der Waals surface area contributed by atoms with Crippen LogP contribution in [0.4, 0.5) is 0 Å². The number of nitrogens with one attached hydrogen (secondary N) is 1. The van der Waals surface area contributed by atoms with Gasteiger partial charge < -0.3 is 5.32 Å². The maximum atomic E-state index is 3.61. The number of aryl methyl sites for hydroxylation is 2. The molecule has 0 aromatic heterocycles. The van der Waals surface area contributed by atoms with Gasteiger partial charge in [0.2, 0.25) is 0 Å². The van der Waals surface area contributed by atoms with Crippen molar-refractivity contribution >= 4 is 0 Å². The standard InChI is InChI=1S/C16H27N/c1-6-17-15(16(3,4)5)12-11-14-10-8-7-9-13(14)2/h7-10,15,17H,6,11-12H2,1-5H3. The second kappa shape index (κ2) is 6.20. The van der Waals surface area contributed by atoms with Gasteiger partial charge in [-0.2, -0.15) is 0 Å². The normalized spacial score (nSPS) is 13.7. The van der Waals surface area contributed by atoms with E-state index < -0.39 is 0 Å². The van der Waals surface area contributed by atoms with Gasteiger partial charge in [0.25, 0.3) is 0 Å². The first-order chi connectivity index (χ1) is 7.95. The molecule has 0 saturated carbocycles. The van der Waals surface area contributed by atoms with Crippen molar-refractivity contribution in [3.8, 4) is 0 Å². The van der Waals surface area contributed by atoms with Gasteiger partial charge in [0, 0.05) is 6.04 Å². The second-order valence-electron chi connectivity index (χ2n) is 5.94. The van der Waals surface area contributed by atoms with E-state index in [0.29, 0.717) is 11.5 Å². The first-order valence-electron chi connectivity index (χ1n) is 6.73. The first-order valence-corrected chi connectivity index (χ1v) is 6.73. The Labute approximate surface area is 107 Å². The van der Waals surface area contributed by atoms with E-state index in [4.69, 9.17) is 0 Å². The van der Waals surface area contributed by atoms with E-state index in [1.54, 1.807) is 0 Å². The van der Waals surface area contributed by atoms with Crippen molar-refractivity contribution in [1.82, 2.24) is 5.32 Å². The van der Waals surface area contributed by atoms with Gasteiger partial charge in [-0.15, -0.1) is 0 Å². The van der Waals surface area contributed by atoms with Crippen molar-refractivity contribution in [3.05, 3.63) is 35.4 Å². The number of hydrogen-bond donors (Lipinski definition) is 1. The van der Waals surface area contributed by atoms with Crippen LogP contribution < -0.4 is 5.32 Å². The minimum absolute atomic E-state index is 0.332. The minimum atomic E-state index is 0.332. The minimum Gasteiger partial charge on any atom is -0.314 e. The second-order valence-corrected chi connectivity index (χ2v) is 5.94. The number of hydrogen-bond acceptors (Lipinski definition) is 1. The molecular formula is C16H27N. The largest absolute Gasteiger partial charge is 0.314 e. The Hall–Kier alpha value is -0.820. The van der Waals surface area contributed by atoms with Crippen LogP contribution >= 0.6 is 0 Å². The van der Waals surface area contributed by atoms with Crippen LogP contribution in [0.3, 0.4) is 0 Å². The molecule has 1 nitrogen and oxygen atoms in total. The lowest BCUT2D eigenvalue weighted by Crippen LogP contribution is -2.40. The van der Waals surface area contributed by atoms with Crippen LogP contribution in [0.1, 0.15) is 45.2 Å². The fourth-order valence-electron chi connectivity index (χ4n) is 2.28. The van der Waals surface area contributed by atoms with Crippen molar-refractivity contribution in [1.29, 1.82) is 0 Å². The topological polar surface area (TPSA) is 12.0 Å². The summed E-state index contributed by atoms with van der Waals surface area (Å²) in [7, 11) is 0. The summed E-state index contributed by atoms with van der Waals surface area (Å²) >= 11 is 0. The Kier molecular flexibility index (Phi) is 5.20. The molecule has 0 bridgehead atoms. The van der Waals surface area contributed by atoms with Gasteiger partial charge in [-0.05, 0) is 42.9 Å². The molecule has 0 aliphatic rings. The van der Waals surface area contributed by atoms with Crippen LogP contribution in [0.25, 0.3) is 0 Å². The maximum absolute atomic E-state index is 3.61. The fraction of sp³-hybridized carbons (Fsp3) is 0.625. The third-order valence-corrected chi connectivity index (χ3v) is 3.46. The van der Waals surface area contributed by atoms with Gasteiger partial charge in [-0.1, -0.05) is 52.0 Å². The SMILES string of the molecule is CCNC(CCc1ccccc1C)C(C)(C)C. The summed E-state index contributed by atoms with van der Waals surface area (Å²) in [6, 6.07) is 9.30. The fourth-order valence-corrected chi connectivity index (χ4v) is 2.28. The van der Waals surface area contributed by atoms with Crippen molar-refractivity contribution in [2.75, 3.05) is 6.54 Å². The Balaban J connectivity index is 2.61. The average Bonchev–Trinajstić information content (AvgIpc) is 2.24. The average molecular weight is 233 g/mol. The zero-order chi connectivity index (χ0) is 12.9. The summed E-state index contributed by atoms with van der Waals surface area (Å²) in [4.78, 5) is 0. The van der Waals surface area contributed by atoms with Gasteiger partial charge in [0.05, 0.1) is 0 Å². The molecule has 0 fully saturated rings. The zero-order valence-corrected chi connectivity index (χ0v) is 12.0. The molecule has 1 heteroatoms. The molecule has 0 heterocycles. The molecule has 0 spiro atoms. The Bertz CT molecular complexity index is 336. The molecule has 96 valence electrons. The van der Waals surface area contributed by atoms with E-state index in [1.807, 2.05) is 0 Å². The van der Waals surface area contributed by atoms with Crippen LogP contribution in [0.15, 0.2) is 24.3 Å². The summed E-state index contributed by atoms with van der Waals surface area (Å²) in [5.41, 5.74) is 3.23. The molecule has 0 aliphatic heterocycles. The Morgan fingerprint density at radius 1 is 1.18 bits per heavy atom. The molecule has 1 atom stereocenters. The van der Waals surface area contributed by atoms with Crippen LogP contribution in [0, 0.1) is 12.3 Å². The van der Waals surface area contributed by atoms with E-state index >= 15 is 0 Å². The van der Waals surface area contributed by atoms with Gasteiger partial charge in [-0.25, -0.2) is 0 Å². The first kappa shape index (κ1) is 14.2. The Morgan fingerprint density at radius 3 is 2.35 bits per heavy atom. The molecular weight excluding hydrogens is 206 g/mol. The van der Waals surface area contributed by atoms with E-state index in [1.165, 1.54) is 24.0 Å². The van der Waals surface area contributed by atoms with Crippen LogP contribution in [-0.4, -0.2) is 12.6 Å². The zero-order valence-electron chi connectivity index (χ0n) is 12.0. The molecule has 0 saturated heterocycles. The summed E-state index contributed by atoms with van der Waals surface area (Å²) in [5, 5.41) is 3.61. The van der Waals surface area contributed by atoms with Gasteiger partial charge >= 0.3 is 0 Å². The van der Waals surface area contributed by atoms with E-state index in [-0.39, 0.29) is 0 Å². The molecule has 0 radical (unpaired) electrons. The lowest BCUT2D eigenvalue weighted by molar-refractivity contribution is 0.258. The Morgan fingerprint density at radius 2 is 1.82 bits per heavy atom. The molecule has 1 unspecified atom stereocenters. The molecule has 1 aromatic rings. The molecule has 1 N–H and O–H groups in total. The number of benzene rings is 1. The van der Waals surface area contributed by atoms with E-state index in [2.05, 4.69) is 64.2 Å². The summed E-state index contributed by atoms with van der Waals surface area (Å²) < 4.78 is 0. The maximum Gasteiger partial charge on any atom is 0.0119 e. The molecule has 1 aromatic carbocycles. The quantitative estimate of drug-likeness (QED) is 0.812. The molecule has 1 rings (SSSR count). The van der Waals surface area contributed by atoms with Crippen LogP contribution in [0.2, 0.25) is 0 Å². The number of rotatable bonds is 5. The van der Waals surface area contributed by atoms with Gasteiger partial charge in [-0.3, -0.25) is 0 Å². The lowest BCUT2D eigenvalue weighted by atomic mass is 9.83. The highest BCUT2D eigenvalue weighted by Gasteiger charge is 2.23. The predicted octanol–water partition coefficient (Wildman–Crippen LogP) is 3.95. The van der Waals surface area contributed by atoms with E-state index in [0.717, 1.165) is 6.54 Å². The smallest absolute Gasteiger partial charge is 0.0119 e. The third-order valence-electron chi connectivity index (χ3n) is 3.46. The van der Waals surface area contributed by atoms with Crippen LogP contribution in [-0.2, 0) is 6.42 Å². The van der Waals surface area contributed by atoms with E-state index in [9.17, 15) is 0 Å². The van der Waals surface area contributed by atoms with Gasteiger partial charge in [0.15, 0.2) is 0 Å². The summed E-state index contributed by atoms with van der Waals surface area (Å²) in [6.07, 6.45) is 2.38.